The van der Waals surface area contributed by atoms with E-state index in [4.69, 9.17) is 9.40 Å². The third-order valence-corrected chi connectivity index (χ3v) is 5.25. The summed E-state index contributed by atoms with van der Waals surface area (Å²) in [6.45, 7) is 2.09. The first-order valence-electron chi connectivity index (χ1n) is 8.82. The van der Waals surface area contributed by atoms with Crippen molar-refractivity contribution in [2.45, 2.75) is 18.9 Å². The Balaban J connectivity index is 1.77. The number of piperidine rings is 1. The number of carbonyl (C=O) groups excluding carboxylic acids is 1. The first-order valence-corrected chi connectivity index (χ1v) is 8.82. The number of fused-ring (bicyclic) bond motifs is 3. The number of nitrogens with one attached hydrogen (secondary N) is 1. The summed E-state index contributed by atoms with van der Waals surface area (Å²) in [5.41, 5.74) is 2.77. The first kappa shape index (κ1) is 15.3. The van der Waals surface area contributed by atoms with Gasteiger partial charge in [-0.2, -0.15) is 0 Å². The molecule has 0 aromatic carbocycles. The summed E-state index contributed by atoms with van der Waals surface area (Å²) in [5.74, 6) is 1.69. The molecule has 7 heteroatoms. The highest BCUT2D eigenvalue weighted by Gasteiger charge is 2.26. The molecule has 4 aromatic heterocycles. The molecule has 1 aliphatic rings. The van der Waals surface area contributed by atoms with Crippen molar-refractivity contribution in [1.29, 1.82) is 0 Å². The summed E-state index contributed by atoms with van der Waals surface area (Å²) < 4.78 is 7.99. The molecule has 1 N–H and O–H groups in total. The van der Waals surface area contributed by atoms with Crippen LogP contribution in [0.25, 0.3) is 33.7 Å². The minimum atomic E-state index is 0.312. The van der Waals surface area contributed by atoms with Crippen LogP contribution in [0.5, 0.6) is 0 Å². The fourth-order valence-corrected chi connectivity index (χ4v) is 3.91. The van der Waals surface area contributed by atoms with Crippen molar-refractivity contribution < 1.29 is 9.21 Å². The van der Waals surface area contributed by atoms with Gasteiger partial charge in [-0.25, -0.2) is 9.97 Å². The second kappa shape index (κ2) is 5.81. The molecular weight excluding hydrogens is 330 g/mol. The Morgan fingerprint density at radius 1 is 1.27 bits per heavy atom. The second-order valence-corrected chi connectivity index (χ2v) is 6.89. The van der Waals surface area contributed by atoms with Crippen LogP contribution in [0.3, 0.4) is 0 Å². The van der Waals surface area contributed by atoms with E-state index < -0.39 is 0 Å². The van der Waals surface area contributed by atoms with E-state index in [1.165, 1.54) is 0 Å². The molecular formula is C19H19N5O2. The monoisotopic (exact) mass is 349 g/mol. The average Bonchev–Trinajstić information content (AvgIpc) is 3.38. The average molecular weight is 349 g/mol. The van der Waals surface area contributed by atoms with E-state index in [-0.39, 0.29) is 0 Å². The van der Waals surface area contributed by atoms with Crippen LogP contribution >= 0.6 is 0 Å². The number of pyridine rings is 1. The van der Waals surface area contributed by atoms with Crippen LogP contribution in [0.4, 0.5) is 0 Å². The molecule has 1 saturated heterocycles. The number of hydrogen-bond donors (Lipinski definition) is 1. The highest BCUT2D eigenvalue weighted by Crippen LogP contribution is 2.36. The number of imidazole rings is 1. The van der Waals surface area contributed by atoms with Crippen LogP contribution in [0.1, 0.15) is 29.4 Å². The number of H-pyrrole nitrogens is 1. The van der Waals surface area contributed by atoms with E-state index in [9.17, 15) is 4.79 Å². The predicted octanol–water partition coefficient (Wildman–Crippen LogP) is 3.25. The molecule has 0 radical (unpaired) electrons. The van der Waals surface area contributed by atoms with Crippen molar-refractivity contribution in [3.05, 3.63) is 36.4 Å². The number of aromatic amines is 1. The summed E-state index contributed by atoms with van der Waals surface area (Å²) in [4.78, 5) is 25.9. The number of carbonyl (C=O) groups is 1. The number of hydrogen-bond acceptors (Lipinski definition) is 5. The quantitative estimate of drug-likeness (QED) is 0.574. The van der Waals surface area contributed by atoms with E-state index in [1.54, 1.807) is 12.3 Å². The van der Waals surface area contributed by atoms with Crippen molar-refractivity contribution in [3.8, 4) is 11.6 Å². The zero-order chi connectivity index (χ0) is 17.7. The minimum Gasteiger partial charge on any atom is -0.450 e. The maximum atomic E-state index is 11.0. The largest absolute Gasteiger partial charge is 0.450 e. The van der Waals surface area contributed by atoms with Crippen LogP contribution in [0, 0.1) is 0 Å². The summed E-state index contributed by atoms with van der Waals surface area (Å²) in [7, 11) is 2.15. The van der Waals surface area contributed by atoms with Gasteiger partial charge in [0.1, 0.15) is 11.2 Å². The van der Waals surface area contributed by atoms with Crippen molar-refractivity contribution in [3.63, 3.8) is 0 Å². The van der Waals surface area contributed by atoms with Gasteiger partial charge in [0.05, 0.1) is 11.7 Å². The van der Waals surface area contributed by atoms with E-state index in [2.05, 4.69) is 26.5 Å². The van der Waals surface area contributed by atoms with Gasteiger partial charge >= 0.3 is 0 Å². The van der Waals surface area contributed by atoms with Gasteiger partial charge in [-0.15, -0.1) is 0 Å². The van der Waals surface area contributed by atoms with Crippen molar-refractivity contribution in [1.82, 2.24) is 24.4 Å². The molecule has 0 saturated carbocycles. The van der Waals surface area contributed by atoms with Gasteiger partial charge in [0, 0.05) is 17.6 Å². The smallest absolute Gasteiger partial charge is 0.185 e. The third kappa shape index (κ3) is 2.28. The second-order valence-electron chi connectivity index (χ2n) is 6.89. The molecule has 0 bridgehead atoms. The van der Waals surface area contributed by atoms with Crippen LogP contribution < -0.4 is 0 Å². The molecule has 0 atom stereocenters. The standard InChI is InChI=1S/C19H19N5O2/c1-23-8-5-12(6-9-23)24-17-14-4-7-20-18(14)21-10-15(17)22-19(24)16-3-2-13(11-25)26-16/h2-4,7,10-12H,5-6,8-9H2,1H3,(H,20,21). The summed E-state index contributed by atoms with van der Waals surface area (Å²) in [6, 6.07) is 5.88. The van der Waals surface area contributed by atoms with E-state index in [0.29, 0.717) is 17.6 Å². The van der Waals surface area contributed by atoms with E-state index >= 15 is 0 Å². The van der Waals surface area contributed by atoms with Gasteiger partial charge in [0.2, 0.25) is 0 Å². The Hall–Kier alpha value is -2.93. The molecule has 5 rings (SSSR count). The predicted molar refractivity (Wildman–Crippen MR) is 98.2 cm³/mol. The van der Waals surface area contributed by atoms with E-state index in [1.807, 2.05) is 18.3 Å². The Kier molecular flexibility index (Phi) is 3.43. The maximum absolute atomic E-state index is 11.0. The molecule has 1 aliphatic heterocycles. The highest BCUT2D eigenvalue weighted by molar-refractivity contribution is 6.02. The van der Waals surface area contributed by atoms with Crippen LogP contribution in [0.2, 0.25) is 0 Å². The number of aromatic nitrogens is 4. The molecule has 5 heterocycles. The maximum Gasteiger partial charge on any atom is 0.185 e. The zero-order valence-electron chi connectivity index (χ0n) is 14.5. The summed E-state index contributed by atoms with van der Waals surface area (Å²) >= 11 is 0. The molecule has 0 spiro atoms. The Morgan fingerprint density at radius 3 is 2.88 bits per heavy atom. The molecule has 7 nitrogen and oxygen atoms in total. The lowest BCUT2D eigenvalue weighted by atomic mass is 10.0. The Morgan fingerprint density at radius 2 is 2.12 bits per heavy atom. The first-order chi connectivity index (χ1) is 12.7. The molecule has 26 heavy (non-hydrogen) atoms. The minimum absolute atomic E-state index is 0.312. The van der Waals surface area contributed by atoms with E-state index in [0.717, 1.165) is 60.1 Å². The molecule has 132 valence electrons. The van der Waals surface area contributed by atoms with Gasteiger partial charge in [0.25, 0.3) is 0 Å². The molecule has 0 unspecified atom stereocenters. The van der Waals surface area contributed by atoms with Crippen molar-refractivity contribution in [2.75, 3.05) is 20.1 Å². The zero-order valence-corrected chi connectivity index (χ0v) is 14.5. The number of nitrogens with zero attached hydrogens (tertiary/aromatic N) is 4. The van der Waals surface area contributed by atoms with Gasteiger partial charge in [-0.05, 0) is 51.2 Å². The summed E-state index contributed by atoms with van der Waals surface area (Å²) in [5, 5.41) is 1.06. The fraction of sp³-hybridized carbons (Fsp3) is 0.316. The lowest BCUT2D eigenvalue weighted by Crippen LogP contribution is -2.31. The molecule has 0 amide bonds. The third-order valence-electron chi connectivity index (χ3n) is 5.25. The molecule has 4 aromatic rings. The number of likely N-dealkylation sites (tertiary alicyclic amines) is 1. The number of aldehydes is 1. The SMILES string of the molecule is CN1CCC(n2c(-c3ccc(C=O)o3)nc3cnc4[nH]ccc4c32)CC1. The Bertz CT molecular complexity index is 1100. The van der Waals surface area contributed by atoms with Gasteiger partial charge in [-0.3, -0.25) is 4.79 Å². The molecule has 0 aliphatic carbocycles. The number of rotatable bonds is 3. The lowest BCUT2D eigenvalue weighted by molar-refractivity contribution is 0.110. The van der Waals surface area contributed by atoms with Crippen molar-refractivity contribution >= 4 is 28.4 Å². The van der Waals surface area contributed by atoms with Crippen LogP contribution in [-0.2, 0) is 0 Å². The van der Waals surface area contributed by atoms with Gasteiger partial charge < -0.3 is 18.9 Å². The van der Waals surface area contributed by atoms with Crippen LogP contribution in [0.15, 0.2) is 35.0 Å². The topological polar surface area (TPSA) is 79.9 Å². The number of furan rings is 1. The summed E-state index contributed by atoms with van der Waals surface area (Å²) in [6.07, 6.45) is 6.51. The normalized spacial score (nSPS) is 16.7. The highest BCUT2D eigenvalue weighted by atomic mass is 16.3. The van der Waals surface area contributed by atoms with Crippen LogP contribution in [-0.4, -0.2) is 50.8 Å². The van der Waals surface area contributed by atoms with Gasteiger partial charge in [0.15, 0.2) is 23.6 Å². The van der Waals surface area contributed by atoms with Gasteiger partial charge in [-0.1, -0.05) is 0 Å². The molecule has 1 fully saturated rings. The van der Waals surface area contributed by atoms with Crippen molar-refractivity contribution in [2.24, 2.45) is 0 Å². The fourth-order valence-electron chi connectivity index (χ4n) is 3.91. The lowest BCUT2D eigenvalue weighted by Gasteiger charge is -2.31. The Labute approximate surface area is 149 Å².